The standard InChI is InChI=1S/C14H21NO/c1-3-8-13(12(4-2)14(15)16)11-9-6-5-7-10-11/h5-7,9-10,12-13H,3-4,8H2,1-2H3,(H2,15,16)/t12-,13-/m0/s1. The SMILES string of the molecule is CCC[C@@H](c1ccccc1)[C@H](CC)C(N)=O. The molecule has 1 aromatic rings. The molecule has 0 aliphatic rings. The fraction of sp³-hybridized carbons (Fsp3) is 0.500. The first-order valence-corrected chi connectivity index (χ1v) is 6.04. The van der Waals surface area contributed by atoms with Gasteiger partial charge in [-0.1, -0.05) is 50.6 Å². The second-order valence-electron chi connectivity index (χ2n) is 4.22. The van der Waals surface area contributed by atoms with Crippen LogP contribution in [-0.4, -0.2) is 5.91 Å². The number of carbonyl (C=O) groups is 1. The van der Waals surface area contributed by atoms with Gasteiger partial charge in [0.2, 0.25) is 5.91 Å². The molecule has 0 aliphatic carbocycles. The Morgan fingerprint density at radius 3 is 2.31 bits per heavy atom. The Labute approximate surface area is 97.9 Å². The van der Waals surface area contributed by atoms with Crippen molar-refractivity contribution in [3.8, 4) is 0 Å². The lowest BCUT2D eigenvalue weighted by molar-refractivity contribution is -0.122. The van der Waals surface area contributed by atoms with Gasteiger partial charge in [0.25, 0.3) is 0 Å². The van der Waals surface area contributed by atoms with Crippen molar-refractivity contribution in [1.82, 2.24) is 0 Å². The average Bonchev–Trinajstić information content (AvgIpc) is 2.29. The summed E-state index contributed by atoms with van der Waals surface area (Å²) in [5.74, 6) is 0.0563. The topological polar surface area (TPSA) is 43.1 Å². The predicted molar refractivity (Wildman–Crippen MR) is 67.1 cm³/mol. The van der Waals surface area contributed by atoms with E-state index in [-0.39, 0.29) is 17.7 Å². The second-order valence-corrected chi connectivity index (χ2v) is 4.22. The smallest absolute Gasteiger partial charge is 0.221 e. The van der Waals surface area contributed by atoms with Gasteiger partial charge in [-0.2, -0.15) is 0 Å². The maximum atomic E-state index is 11.4. The largest absolute Gasteiger partial charge is 0.369 e. The van der Waals surface area contributed by atoms with E-state index in [1.54, 1.807) is 0 Å². The Morgan fingerprint density at radius 2 is 1.88 bits per heavy atom. The fourth-order valence-electron chi connectivity index (χ4n) is 2.30. The van der Waals surface area contributed by atoms with Gasteiger partial charge in [-0.25, -0.2) is 0 Å². The highest BCUT2D eigenvalue weighted by Crippen LogP contribution is 2.31. The zero-order valence-electron chi connectivity index (χ0n) is 10.1. The third-order valence-electron chi connectivity index (χ3n) is 3.12. The van der Waals surface area contributed by atoms with Gasteiger partial charge in [0.05, 0.1) is 0 Å². The maximum absolute atomic E-state index is 11.4. The van der Waals surface area contributed by atoms with Crippen molar-refractivity contribution in [2.24, 2.45) is 11.7 Å². The molecular weight excluding hydrogens is 198 g/mol. The van der Waals surface area contributed by atoms with Crippen molar-refractivity contribution in [1.29, 1.82) is 0 Å². The van der Waals surface area contributed by atoms with E-state index in [9.17, 15) is 4.79 Å². The number of rotatable bonds is 6. The van der Waals surface area contributed by atoms with Gasteiger partial charge in [-0.05, 0) is 24.3 Å². The van der Waals surface area contributed by atoms with Crippen LogP contribution in [0, 0.1) is 5.92 Å². The number of primary amides is 1. The first-order valence-electron chi connectivity index (χ1n) is 6.04. The van der Waals surface area contributed by atoms with Gasteiger partial charge in [0.15, 0.2) is 0 Å². The number of benzene rings is 1. The van der Waals surface area contributed by atoms with E-state index < -0.39 is 0 Å². The molecule has 0 radical (unpaired) electrons. The third-order valence-corrected chi connectivity index (χ3v) is 3.12. The number of hydrogen-bond acceptors (Lipinski definition) is 1. The van der Waals surface area contributed by atoms with Crippen LogP contribution in [0.5, 0.6) is 0 Å². The highest BCUT2D eigenvalue weighted by Gasteiger charge is 2.25. The molecule has 0 fully saturated rings. The Kier molecular flexibility index (Phi) is 5.03. The highest BCUT2D eigenvalue weighted by atomic mass is 16.1. The molecule has 0 saturated heterocycles. The van der Waals surface area contributed by atoms with Crippen LogP contribution in [0.15, 0.2) is 30.3 Å². The molecule has 1 amide bonds. The Hall–Kier alpha value is -1.31. The van der Waals surface area contributed by atoms with Gasteiger partial charge in [-0.3, -0.25) is 4.79 Å². The molecule has 0 aliphatic heterocycles. The minimum Gasteiger partial charge on any atom is -0.369 e. The lowest BCUT2D eigenvalue weighted by Crippen LogP contribution is -2.28. The van der Waals surface area contributed by atoms with Crippen LogP contribution in [0.4, 0.5) is 0 Å². The molecule has 1 rings (SSSR count). The van der Waals surface area contributed by atoms with Gasteiger partial charge in [0, 0.05) is 5.92 Å². The van der Waals surface area contributed by atoms with Crippen LogP contribution in [0.3, 0.4) is 0 Å². The number of amides is 1. The molecule has 0 unspecified atom stereocenters. The summed E-state index contributed by atoms with van der Waals surface area (Å²) in [7, 11) is 0. The zero-order chi connectivity index (χ0) is 12.0. The fourth-order valence-corrected chi connectivity index (χ4v) is 2.30. The number of hydrogen-bond donors (Lipinski definition) is 1. The van der Waals surface area contributed by atoms with Gasteiger partial charge in [0.1, 0.15) is 0 Å². The molecule has 2 heteroatoms. The van der Waals surface area contributed by atoms with Crippen LogP contribution >= 0.6 is 0 Å². The van der Waals surface area contributed by atoms with Crippen LogP contribution in [0.25, 0.3) is 0 Å². The maximum Gasteiger partial charge on any atom is 0.221 e. The van der Waals surface area contributed by atoms with Crippen LogP contribution in [0.1, 0.15) is 44.6 Å². The van der Waals surface area contributed by atoms with Crippen molar-refractivity contribution in [3.63, 3.8) is 0 Å². The molecule has 0 heterocycles. The number of nitrogens with two attached hydrogens (primary N) is 1. The van der Waals surface area contributed by atoms with Crippen LogP contribution in [0.2, 0.25) is 0 Å². The predicted octanol–water partition coefficient (Wildman–Crippen LogP) is 3.08. The van der Waals surface area contributed by atoms with Crippen molar-refractivity contribution in [2.75, 3.05) is 0 Å². The normalized spacial score (nSPS) is 14.4. The molecule has 2 N–H and O–H groups in total. The summed E-state index contributed by atoms with van der Waals surface area (Å²) in [6.45, 7) is 4.17. The molecule has 88 valence electrons. The first-order chi connectivity index (χ1) is 7.70. The van der Waals surface area contributed by atoms with E-state index in [0.29, 0.717) is 0 Å². The minimum atomic E-state index is -0.176. The number of carbonyl (C=O) groups excluding carboxylic acids is 1. The van der Waals surface area contributed by atoms with Crippen LogP contribution < -0.4 is 5.73 Å². The van der Waals surface area contributed by atoms with E-state index in [4.69, 9.17) is 5.73 Å². The van der Waals surface area contributed by atoms with Gasteiger partial charge in [-0.15, -0.1) is 0 Å². The van der Waals surface area contributed by atoms with Crippen molar-refractivity contribution in [2.45, 2.75) is 39.0 Å². The summed E-state index contributed by atoms with van der Waals surface area (Å²) in [5, 5.41) is 0. The molecular formula is C14H21NO. The summed E-state index contributed by atoms with van der Waals surface area (Å²) in [4.78, 5) is 11.4. The minimum absolute atomic E-state index is 0.0395. The van der Waals surface area contributed by atoms with Crippen LogP contribution in [-0.2, 0) is 4.79 Å². The van der Waals surface area contributed by atoms with Crippen molar-refractivity contribution < 1.29 is 4.79 Å². The van der Waals surface area contributed by atoms with E-state index in [1.165, 1.54) is 5.56 Å². The van der Waals surface area contributed by atoms with E-state index in [0.717, 1.165) is 19.3 Å². The summed E-state index contributed by atoms with van der Waals surface area (Å²) >= 11 is 0. The van der Waals surface area contributed by atoms with Gasteiger partial charge < -0.3 is 5.73 Å². The third kappa shape index (κ3) is 3.09. The lowest BCUT2D eigenvalue weighted by Gasteiger charge is -2.23. The molecule has 0 aromatic heterocycles. The summed E-state index contributed by atoms with van der Waals surface area (Å²) < 4.78 is 0. The molecule has 0 saturated carbocycles. The summed E-state index contributed by atoms with van der Waals surface area (Å²) in [6.07, 6.45) is 2.91. The van der Waals surface area contributed by atoms with E-state index in [2.05, 4.69) is 19.1 Å². The highest BCUT2D eigenvalue weighted by molar-refractivity contribution is 5.77. The molecule has 2 nitrogen and oxygen atoms in total. The first kappa shape index (κ1) is 12.8. The van der Waals surface area contributed by atoms with E-state index in [1.807, 2.05) is 25.1 Å². The summed E-state index contributed by atoms with van der Waals surface area (Å²) in [5.41, 5.74) is 6.71. The van der Waals surface area contributed by atoms with E-state index >= 15 is 0 Å². The second kappa shape index (κ2) is 6.31. The monoisotopic (exact) mass is 219 g/mol. The quantitative estimate of drug-likeness (QED) is 0.785. The molecule has 2 atom stereocenters. The molecule has 0 spiro atoms. The Morgan fingerprint density at radius 1 is 1.25 bits per heavy atom. The Bertz CT molecular complexity index is 321. The zero-order valence-corrected chi connectivity index (χ0v) is 10.1. The lowest BCUT2D eigenvalue weighted by atomic mass is 9.81. The van der Waals surface area contributed by atoms with Crippen molar-refractivity contribution in [3.05, 3.63) is 35.9 Å². The molecule has 16 heavy (non-hydrogen) atoms. The van der Waals surface area contributed by atoms with Crippen molar-refractivity contribution >= 4 is 5.91 Å². The Balaban J connectivity index is 2.94. The average molecular weight is 219 g/mol. The molecule has 0 bridgehead atoms. The van der Waals surface area contributed by atoms with Gasteiger partial charge >= 0.3 is 0 Å². The molecule has 1 aromatic carbocycles. The summed E-state index contributed by atoms with van der Waals surface area (Å²) in [6, 6.07) is 10.2.